The average molecular weight is 276 g/mol. The first-order valence-corrected chi connectivity index (χ1v) is 7.67. The molecular weight excluding hydrogens is 248 g/mol. The Morgan fingerprint density at radius 2 is 1.90 bits per heavy atom. The molecule has 20 heavy (non-hydrogen) atoms. The minimum atomic E-state index is 0.377. The molecule has 2 rings (SSSR count). The van der Waals surface area contributed by atoms with Gasteiger partial charge in [-0.15, -0.1) is 0 Å². The Kier molecular flexibility index (Phi) is 5.58. The van der Waals surface area contributed by atoms with Crippen molar-refractivity contribution in [1.82, 2.24) is 10.2 Å². The van der Waals surface area contributed by atoms with Gasteiger partial charge in [0, 0.05) is 25.2 Å². The lowest BCUT2D eigenvalue weighted by Gasteiger charge is -2.28. The van der Waals surface area contributed by atoms with Gasteiger partial charge in [0.2, 0.25) is 0 Å². The molecule has 0 saturated carbocycles. The van der Waals surface area contributed by atoms with Gasteiger partial charge >= 0.3 is 0 Å². The summed E-state index contributed by atoms with van der Waals surface area (Å²) < 4.78 is 5.48. The van der Waals surface area contributed by atoms with Gasteiger partial charge in [-0.2, -0.15) is 0 Å². The molecular formula is C17H28N2O. The molecule has 112 valence electrons. The van der Waals surface area contributed by atoms with Gasteiger partial charge in [0.1, 0.15) is 0 Å². The van der Waals surface area contributed by atoms with E-state index in [9.17, 15) is 0 Å². The number of likely N-dealkylation sites (N-methyl/N-ethyl adjacent to an activating group) is 2. The van der Waals surface area contributed by atoms with Crippen molar-refractivity contribution in [3.63, 3.8) is 0 Å². The van der Waals surface area contributed by atoms with E-state index in [0.717, 1.165) is 26.2 Å². The number of benzene rings is 1. The SMILES string of the molecule is CNC(CN(C)C1CCOC1)c1ccc(C(C)C)cc1. The summed E-state index contributed by atoms with van der Waals surface area (Å²) in [5.74, 6) is 0.593. The molecule has 0 bridgehead atoms. The van der Waals surface area contributed by atoms with Gasteiger partial charge in [-0.1, -0.05) is 38.1 Å². The molecule has 1 N–H and O–H groups in total. The number of nitrogens with zero attached hydrogens (tertiary/aromatic N) is 1. The summed E-state index contributed by atoms with van der Waals surface area (Å²) >= 11 is 0. The van der Waals surface area contributed by atoms with Crippen molar-refractivity contribution in [2.45, 2.75) is 38.3 Å². The maximum atomic E-state index is 5.48. The summed E-state index contributed by atoms with van der Waals surface area (Å²) in [4.78, 5) is 2.42. The summed E-state index contributed by atoms with van der Waals surface area (Å²) in [5.41, 5.74) is 2.77. The van der Waals surface area contributed by atoms with Crippen LogP contribution in [0.5, 0.6) is 0 Å². The van der Waals surface area contributed by atoms with Gasteiger partial charge < -0.3 is 10.1 Å². The van der Waals surface area contributed by atoms with Crippen molar-refractivity contribution in [2.75, 3.05) is 33.9 Å². The maximum absolute atomic E-state index is 5.48. The average Bonchev–Trinajstić information content (AvgIpc) is 2.99. The molecule has 0 aromatic heterocycles. The highest BCUT2D eigenvalue weighted by molar-refractivity contribution is 5.27. The fraction of sp³-hybridized carbons (Fsp3) is 0.647. The van der Waals surface area contributed by atoms with E-state index in [1.165, 1.54) is 11.1 Å². The topological polar surface area (TPSA) is 24.5 Å². The van der Waals surface area contributed by atoms with E-state index < -0.39 is 0 Å². The van der Waals surface area contributed by atoms with Crippen LogP contribution in [0.2, 0.25) is 0 Å². The Labute approximate surface area is 123 Å². The Morgan fingerprint density at radius 3 is 2.40 bits per heavy atom. The Balaban J connectivity index is 1.99. The summed E-state index contributed by atoms with van der Waals surface area (Å²) in [6.45, 7) is 7.27. The van der Waals surface area contributed by atoms with Crippen molar-refractivity contribution < 1.29 is 4.74 Å². The second kappa shape index (κ2) is 7.21. The Morgan fingerprint density at radius 1 is 1.25 bits per heavy atom. The predicted molar refractivity (Wildman–Crippen MR) is 84.2 cm³/mol. The van der Waals surface area contributed by atoms with Crippen molar-refractivity contribution >= 4 is 0 Å². The fourth-order valence-corrected chi connectivity index (χ4v) is 2.78. The van der Waals surface area contributed by atoms with Crippen molar-refractivity contribution in [3.8, 4) is 0 Å². The summed E-state index contributed by atoms with van der Waals surface area (Å²) in [6, 6.07) is 9.97. The van der Waals surface area contributed by atoms with Gasteiger partial charge in [0.25, 0.3) is 0 Å². The largest absolute Gasteiger partial charge is 0.380 e. The number of ether oxygens (including phenoxy) is 1. The third-order valence-corrected chi connectivity index (χ3v) is 4.35. The van der Waals surface area contributed by atoms with E-state index in [-0.39, 0.29) is 0 Å². The molecule has 1 saturated heterocycles. The second-order valence-corrected chi connectivity index (χ2v) is 6.12. The van der Waals surface area contributed by atoms with Crippen LogP contribution in [0.15, 0.2) is 24.3 Å². The van der Waals surface area contributed by atoms with Crippen LogP contribution in [0, 0.1) is 0 Å². The Bertz CT molecular complexity index is 396. The highest BCUT2D eigenvalue weighted by Crippen LogP contribution is 2.20. The first-order valence-electron chi connectivity index (χ1n) is 7.67. The first kappa shape index (κ1) is 15.5. The fourth-order valence-electron chi connectivity index (χ4n) is 2.78. The van der Waals surface area contributed by atoms with Crippen molar-refractivity contribution in [2.24, 2.45) is 0 Å². The smallest absolute Gasteiger partial charge is 0.0622 e. The lowest BCUT2D eigenvalue weighted by Crippen LogP contribution is -2.38. The number of rotatable bonds is 6. The van der Waals surface area contributed by atoms with Gasteiger partial charge in [-0.05, 0) is 37.6 Å². The summed E-state index contributed by atoms with van der Waals surface area (Å²) in [5, 5.41) is 3.44. The standard InChI is InChI=1S/C17H28N2O/c1-13(2)14-5-7-15(8-6-14)17(18-3)11-19(4)16-9-10-20-12-16/h5-8,13,16-18H,9-12H2,1-4H3. The molecule has 0 amide bonds. The van der Waals surface area contributed by atoms with Crippen LogP contribution < -0.4 is 5.32 Å². The van der Waals surface area contributed by atoms with Crippen LogP contribution in [0.4, 0.5) is 0 Å². The van der Waals surface area contributed by atoms with Crippen LogP contribution in [-0.2, 0) is 4.74 Å². The van der Waals surface area contributed by atoms with Gasteiger partial charge in [-0.25, -0.2) is 0 Å². The van der Waals surface area contributed by atoms with Gasteiger partial charge in [0.15, 0.2) is 0 Å². The van der Waals surface area contributed by atoms with E-state index in [0.29, 0.717) is 18.0 Å². The minimum Gasteiger partial charge on any atom is -0.380 e. The normalized spacial score (nSPS) is 20.8. The molecule has 0 spiro atoms. The molecule has 1 heterocycles. The summed E-state index contributed by atoms with van der Waals surface area (Å²) in [7, 11) is 4.24. The van der Waals surface area contributed by atoms with Crippen LogP contribution >= 0.6 is 0 Å². The molecule has 1 aromatic rings. The predicted octanol–water partition coefficient (Wildman–Crippen LogP) is 2.79. The lowest BCUT2D eigenvalue weighted by atomic mass is 9.98. The zero-order valence-corrected chi connectivity index (χ0v) is 13.2. The minimum absolute atomic E-state index is 0.377. The summed E-state index contributed by atoms with van der Waals surface area (Å²) in [6.07, 6.45) is 1.15. The molecule has 2 unspecified atom stereocenters. The van der Waals surface area contributed by atoms with Crippen LogP contribution in [0.25, 0.3) is 0 Å². The number of hydrogen-bond donors (Lipinski definition) is 1. The molecule has 3 heteroatoms. The molecule has 1 aromatic carbocycles. The molecule has 0 aliphatic carbocycles. The van der Waals surface area contributed by atoms with E-state index in [2.05, 4.69) is 55.4 Å². The molecule has 1 aliphatic rings. The highest BCUT2D eigenvalue weighted by Gasteiger charge is 2.22. The van der Waals surface area contributed by atoms with Crippen LogP contribution in [-0.4, -0.2) is 44.8 Å². The van der Waals surface area contributed by atoms with Crippen molar-refractivity contribution in [1.29, 1.82) is 0 Å². The Hall–Kier alpha value is -0.900. The van der Waals surface area contributed by atoms with E-state index in [1.807, 2.05) is 7.05 Å². The molecule has 1 fully saturated rings. The van der Waals surface area contributed by atoms with Crippen molar-refractivity contribution in [3.05, 3.63) is 35.4 Å². The lowest BCUT2D eigenvalue weighted by molar-refractivity contribution is 0.153. The monoisotopic (exact) mass is 276 g/mol. The highest BCUT2D eigenvalue weighted by atomic mass is 16.5. The zero-order valence-electron chi connectivity index (χ0n) is 13.2. The van der Waals surface area contributed by atoms with E-state index in [4.69, 9.17) is 4.74 Å². The van der Waals surface area contributed by atoms with E-state index >= 15 is 0 Å². The van der Waals surface area contributed by atoms with Crippen LogP contribution in [0.1, 0.15) is 43.4 Å². The van der Waals surface area contributed by atoms with E-state index in [1.54, 1.807) is 0 Å². The molecule has 1 aliphatic heterocycles. The van der Waals surface area contributed by atoms with Crippen LogP contribution in [0.3, 0.4) is 0 Å². The number of hydrogen-bond acceptors (Lipinski definition) is 3. The molecule has 2 atom stereocenters. The quantitative estimate of drug-likeness (QED) is 0.864. The van der Waals surface area contributed by atoms with Gasteiger partial charge in [-0.3, -0.25) is 4.90 Å². The maximum Gasteiger partial charge on any atom is 0.0622 e. The van der Waals surface area contributed by atoms with Gasteiger partial charge in [0.05, 0.1) is 6.61 Å². The first-order chi connectivity index (χ1) is 9.61. The molecule has 3 nitrogen and oxygen atoms in total. The second-order valence-electron chi connectivity index (χ2n) is 6.12. The zero-order chi connectivity index (χ0) is 14.5. The molecule has 0 radical (unpaired) electrons. The third-order valence-electron chi connectivity index (χ3n) is 4.35. The third kappa shape index (κ3) is 3.81. The number of nitrogens with one attached hydrogen (secondary N) is 1.